The second kappa shape index (κ2) is 5.17. The summed E-state index contributed by atoms with van der Waals surface area (Å²) in [6.07, 6.45) is -2.69. The molecule has 19 heavy (non-hydrogen) atoms. The maximum atomic E-state index is 12.0. The summed E-state index contributed by atoms with van der Waals surface area (Å²) in [5.74, 6) is -0.262. The molecule has 0 radical (unpaired) electrons. The van der Waals surface area contributed by atoms with Crippen LogP contribution in [0.4, 0.5) is 13.2 Å². The molecule has 0 atom stereocenters. The van der Waals surface area contributed by atoms with Crippen LogP contribution in [0.25, 0.3) is 0 Å². The average molecular weight is 269 g/mol. The number of benzene rings is 1. The van der Waals surface area contributed by atoms with Crippen LogP contribution in [0.15, 0.2) is 47.4 Å². The van der Waals surface area contributed by atoms with Gasteiger partial charge in [-0.25, -0.2) is 0 Å². The van der Waals surface area contributed by atoms with Gasteiger partial charge in [-0.05, 0) is 35.7 Å². The molecule has 2 rings (SSSR count). The predicted octanol–water partition coefficient (Wildman–Crippen LogP) is 2.86. The molecule has 0 unspecified atom stereocenters. The summed E-state index contributed by atoms with van der Waals surface area (Å²) >= 11 is 0. The zero-order chi connectivity index (χ0) is 13.9. The molecular formula is C13H10F3NO2. The first-order chi connectivity index (χ1) is 8.92. The number of alkyl halides is 3. The molecule has 0 aliphatic heterocycles. The van der Waals surface area contributed by atoms with Crippen molar-refractivity contribution in [2.45, 2.75) is 12.8 Å². The second-order valence-electron chi connectivity index (χ2n) is 3.93. The van der Waals surface area contributed by atoms with Gasteiger partial charge in [-0.3, -0.25) is 4.79 Å². The van der Waals surface area contributed by atoms with Crippen LogP contribution in [0.5, 0.6) is 5.75 Å². The highest BCUT2D eigenvalue weighted by Crippen LogP contribution is 2.23. The fraction of sp³-hybridized carbons (Fsp3) is 0.154. The topological polar surface area (TPSA) is 42.1 Å². The number of halogens is 3. The second-order valence-corrected chi connectivity index (χ2v) is 3.93. The SMILES string of the molecule is O=c1cc(Cc2ccc(OC(F)(F)F)cc2)cc[nH]1. The van der Waals surface area contributed by atoms with Crippen LogP contribution in [0.3, 0.4) is 0 Å². The van der Waals surface area contributed by atoms with Crippen molar-refractivity contribution in [1.29, 1.82) is 0 Å². The molecule has 3 nitrogen and oxygen atoms in total. The fourth-order valence-corrected chi connectivity index (χ4v) is 1.64. The highest BCUT2D eigenvalue weighted by molar-refractivity contribution is 5.30. The number of aromatic nitrogens is 1. The van der Waals surface area contributed by atoms with Crippen LogP contribution in [0, 0.1) is 0 Å². The van der Waals surface area contributed by atoms with Gasteiger partial charge in [-0.1, -0.05) is 12.1 Å². The normalized spacial score (nSPS) is 11.3. The highest BCUT2D eigenvalue weighted by atomic mass is 19.4. The number of hydrogen-bond donors (Lipinski definition) is 1. The van der Waals surface area contributed by atoms with Gasteiger partial charge >= 0.3 is 6.36 Å². The zero-order valence-corrected chi connectivity index (χ0v) is 9.70. The number of pyridine rings is 1. The lowest BCUT2D eigenvalue weighted by atomic mass is 10.1. The summed E-state index contributed by atoms with van der Waals surface area (Å²) in [4.78, 5) is 13.6. The summed E-state index contributed by atoms with van der Waals surface area (Å²) in [6, 6.07) is 8.73. The Balaban J connectivity index is 2.09. The minimum absolute atomic E-state index is 0.213. The lowest BCUT2D eigenvalue weighted by Gasteiger charge is -2.09. The molecule has 0 fully saturated rings. The molecule has 0 bridgehead atoms. The van der Waals surface area contributed by atoms with Gasteiger partial charge in [-0.15, -0.1) is 13.2 Å². The van der Waals surface area contributed by atoms with Crippen LogP contribution in [0.1, 0.15) is 11.1 Å². The molecule has 1 aromatic carbocycles. The molecule has 0 saturated carbocycles. The molecule has 1 heterocycles. The summed E-state index contributed by atoms with van der Waals surface area (Å²) < 4.78 is 39.7. The van der Waals surface area contributed by atoms with Crippen LogP contribution >= 0.6 is 0 Å². The Morgan fingerprint density at radius 1 is 1.05 bits per heavy atom. The van der Waals surface area contributed by atoms with Gasteiger partial charge in [0, 0.05) is 12.3 Å². The third-order valence-corrected chi connectivity index (χ3v) is 2.40. The molecule has 0 saturated heterocycles. The molecule has 0 aliphatic rings. The van der Waals surface area contributed by atoms with Crippen molar-refractivity contribution in [3.63, 3.8) is 0 Å². The Morgan fingerprint density at radius 3 is 2.32 bits per heavy atom. The van der Waals surface area contributed by atoms with Gasteiger partial charge < -0.3 is 9.72 Å². The smallest absolute Gasteiger partial charge is 0.406 e. The third-order valence-electron chi connectivity index (χ3n) is 2.40. The van der Waals surface area contributed by atoms with Gasteiger partial charge in [0.1, 0.15) is 5.75 Å². The van der Waals surface area contributed by atoms with E-state index in [1.54, 1.807) is 6.07 Å². The fourth-order valence-electron chi connectivity index (χ4n) is 1.64. The third kappa shape index (κ3) is 4.17. The van der Waals surface area contributed by atoms with E-state index in [-0.39, 0.29) is 11.3 Å². The van der Waals surface area contributed by atoms with Crippen molar-refractivity contribution in [3.05, 3.63) is 64.1 Å². The molecular weight excluding hydrogens is 259 g/mol. The quantitative estimate of drug-likeness (QED) is 0.931. The highest BCUT2D eigenvalue weighted by Gasteiger charge is 2.30. The van der Waals surface area contributed by atoms with Crippen molar-refractivity contribution in [2.75, 3.05) is 0 Å². The van der Waals surface area contributed by atoms with E-state index in [1.165, 1.54) is 36.5 Å². The number of aromatic amines is 1. The first-order valence-electron chi connectivity index (χ1n) is 5.45. The maximum absolute atomic E-state index is 12.0. The van der Waals surface area contributed by atoms with Crippen LogP contribution < -0.4 is 10.3 Å². The van der Waals surface area contributed by atoms with E-state index in [9.17, 15) is 18.0 Å². The first kappa shape index (κ1) is 13.2. The Hall–Kier alpha value is -2.24. The Bertz CT molecular complexity index is 602. The van der Waals surface area contributed by atoms with E-state index in [1.807, 2.05) is 0 Å². The van der Waals surface area contributed by atoms with E-state index in [2.05, 4.69) is 9.72 Å². The summed E-state index contributed by atoms with van der Waals surface area (Å²) in [5, 5.41) is 0. The largest absolute Gasteiger partial charge is 0.573 e. The number of nitrogens with one attached hydrogen (secondary N) is 1. The van der Waals surface area contributed by atoms with Crippen molar-refractivity contribution < 1.29 is 17.9 Å². The standard InChI is InChI=1S/C13H10F3NO2/c14-13(15,16)19-11-3-1-9(2-4-11)7-10-5-6-17-12(18)8-10/h1-6,8H,7H2,(H,17,18). The first-order valence-corrected chi connectivity index (χ1v) is 5.45. The molecule has 0 spiro atoms. The minimum atomic E-state index is -4.69. The lowest BCUT2D eigenvalue weighted by Crippen LogP contribution is -2.17. The molecule has 2 aromatic rings. The van der Waals surface area contributed by atoms with Gasteiger partial charge in [0.25, 0.3) is 0 Å². The van der Waals surface area contributed by atoms with Crippen LogP contribution in [-0.4, -0.2) is 11.3 Å². The van der Waals surface area contributed by atoms with Crippen LogP contribution in [-0.2, 0) is 6.42 Å². The summed E-state index contributed by atoms with van der Waals surface area (Å²) in [5.41, 5.74) is 1.36. The van der Waals surface area contributed by atoms with E-state index < -0.39 is 6.36 Å². The van der Waals surface area contributed by atoms with E-state index in [0.717, 1.165) is 11.1 Å². The zero-order valence-electron chi connectivity index (χ0n) is 9.70. The van der Waals surface area contributed by atoms with E-state index in [0.29, 0.717) is 6.42 Å². The average Bonchev–Trinajstić information content (AvgIpc) is 2.30. The Kier molecular flexibility index (Phi) is 3.59. The molecule has 0 amide bonds. The summed E-state index contributed by atoms with van der Waals surface area (Å²) in [7, 11) is 0. The van der Waals surface area contributed by atoms with Gasteiger partial charge in [0.2, 0.25) is 5.56 Å². The van der Waals surface area contributed by atoms with Crippen molar-refractivity contribution in [2.24, 2.45) is 0 Å². The van der Waals surface area contributed by atoms with E-state index >= 15 is 0 Å². The van der Waals surface area contributed by atoms with Gasteiger partial charge in [0.15, 0.2) is 0 Å². The number of rotatable bonds is 3. The van der Waals surface area contributed by atoms with Gasteiger partial charge in [0.05, 0.1) is 0 Å². The number of H-pyrrole nitrogens is 1. The summed E-state index contributed by atoms with van der Waals surface area (Å²) in [6.45, 7) is 0. The number of ether oxygens (including phenoxy) is 1. The van der Waals surface area contributed by atoms with E-state index in [4.69, 9.17) is 0 Å². The molecule has 0 aliphatic carbocycles. The van der Waals surface area contributed by atoms with Crippen LogP contribution in [0.2, 0.25) is 0 Å². The van der Waals surface area contributed by atoms with Crippen molar-refractivity contribution >= 4 is 0 Å². The van der Waals surface area contributed by atoms with Crippen molar-refractivity contribution in [1.82, 2.24) is 4.98 Å². The van der Waals surface area contributed by atoms with Gasteiger partial charge in [-0.2, -0.15) is 0 Å². The number of hydrogen-bond acceptors (Lipinski definition) is 2. The molecule has 1 aromatic heterocycles. The Morgan fingerprint density at radius 2 is 1.74 bits per heavy atom. The lowest BCUT2D eigenvalue weighted by molar-refractivity contribution is -0.274. The predicted molar refractivity (Wildman–Crippen MR) is 63.0 cm³/mol. The molecule has 1 N–H and O–H groups in total. The maximum Gasteiger partial charge on any atom is 0.573 e. The van der Waals surface area contributed by atoms with Crippen molar-refractivity contribution in [3.8, 4) is 5.75 Å². The molecule has 100 valence electrons. The molecule has 6 heteroatoms. The monoisotopic (exact) mass is 269 g/mol. The Labute approximate surface area is 106 Å². The minimum Gasteiger partial charge on any atom is -0.406 e.